The zero-order valence-electron chi connectivity index (χ0n) is 20.2. The molecular formula is C23H39N5O4. The van der Waals surface area contributed by atoms with Crippen molar-refractivity contribution >= 4 is 11.9 Å². The lowest BCUT2D eigenvalue weighted by atomic mass is 10.1. The van der Waals surface area contributed by atoms with Crippen LogP contribution in [0.2, 0.25) is 0 Å². The lowest BCUT2D eigenvalue weighted by Gasteiger charge is -2.36. The van der Waals surface area contributed by atoms with Crippen molar-refractivity contribution in [2.24, 2.45) is 4.99 Å². The third-order valence-electron chi connectivity index (χ3n) is 5.37. The maximum atomic E-state index is 12.0. The van der Waals surface area contributed by atoms with Gasteiger partial charge in [-0.3, -0.25) is 9.69 Å². The number of amides is 1. The Morgan fingerprint density at radius 2 is 1.91 bits per heavy atom. The van der Waals surface area contributed by atoms with Gasteiger partial charge in [-0.2, -0.15) is 0 Å². The van der Waals surface area contributed by atoms with Gasteiger partial charge in [-0.05, 0) is 31.5 Å². The molecule has 1 heterocycles. The van der Waals surface area contributed by atoms with Gasteiger partial charge in [-0.1, -0.05) is 0 Å². The number of carbonyl (C=O) groups excluding carboxylic acids is 1. The van der Waals surface area contributed by atoms with E-state index < -0.39 is 0 Å². The molecule has 1 aromatic rings. The molecule has 0 saturated carbocycles. The molecule has 0 atom stereocenters. The highest BCUT2D eigenvalue weighted by Gasteiger charge is 2.21. The molecule has 1 saturated heterocycles. The number of hydrogen-bond donors (Lipinski definition) is 1. The molecule has 9 heteroatoms. The SMILES string of the molecule is CCOCCCNC(=NCC(=O)N(C)C)N1CCN(Cc2cc(OC)ccc2OC)CC1. The Kier molecular flexibility index (Phi) is 11.1. The Balaban J connectivity index is 1.96. The number of methoxy groups -OCH3 is 2. The summed E-state index contributed by atoms with van der Waals surface area (Å²) in [5.74, 6) is 2.47. The van der Waals surface area contributed by atoms with Gasteiger partial charge in [0.2, 0.25) is 5.91 Å². The monoisotopic (exact) mass is 449 g/mol. The van der Waals surface area contributed by atoms with Crippen molar-refractivity contribution in [1.29, 1.82) is 0 Å². The number of benzene rings is 1. The zero-order valence-corrected chi connectivity index (χ0v) is 20.2. The van der Waals surface area contributed by atoms with E-state index in [2.05, 4.69) is 20.1 Å². The topological polar surface area (TPSA) is 78.9 Å². The highest BCUT2D eigenvalue weighted by Crippen LogP contribution is 2.25. The fourth-order valence-electron chi connectivity index (χ4n) is 3.43. The Morgan fingerprint density at radius 3 is 2.53 bits per heavy atom. The number of guanidine groups is 1. The summed E-state index contributed by atoms with van der Waals surface area (Å²) in [5.41, 5.74) is 1.11. The minimum absolute atomic E-state index is 0.0117. The molecular weight excluding hydrogens is 410 g/mol. The third kappa shape index (κ3) is 8.20. The fourth-order valence-corrected chi connectivity index (χ4v) is 3.43. The number of aliphatic imine (C=N–C) groups is 1. The number of piperazine rings is 1. The van der Waals surface area contributed by atoms with Gasteiger partial charge in [-0.15, -0.1) is 0 Å². The van der Waals surface area contributed by atoms with Crippen LogP contribution in [0, 0.1) is 0 Å². The van der Waals surface area contributed by atoms with Crippen LogP contribution in [0.4, 0.5) is 0 Å². The molecule has 0 unspecified atom stereocenters. The molecule has 32 heavy (non-hydrogen) atoms. The molecule has 1 aliphatic heterocycles. The molecule has 0 radical (unpaired) electrons. The van der Waals surface area contributed by atoms with Gasteiger partial charge in [0.15, 0.2) is 5.96 Å². The van der Waals surface area contributed by atoms with Gasteiger partial charge in [0.1, 0.15) is 18.0 Å². The van der Waals surface area contributed by atoms with Gasteiger partial charge in [0.25, 0.3) is 0 Å². The quantitative estimate of drug-likeness (QED) is 0.310. The number of likely N-dealkylation sites (N-methyl/N-ethyl adjacent to an activating group) is 1. The van der Waals surface area contributed by atoms with E-state index in [-0.39, 0.29) is 12.5 Å². The van der Waals surface area contributed by atoms with Crippen molar-refractivity contribution in [3.05, 3.63) is 23.8 Å². The standard InChI is InChI=1S/C23H39N5O4/c1-6-32-15-7-10-24-23(25-17-22(29)26(2)3)28-13-11-27(12-14-28)18-19-16-20(30-4)8-9-21(19)31-5/h8-9,16H,6-7,10-15,17-18H2,1-5H3,(H,24,25). The molecule has 0 aliphatic carbocycles. The first-order chi connectivity index (χ1) is 15.5. The first-order valence-electron chi connectivity index (χ1n) is 11.2. The Morgan fingerprint density at radius 1 is 1.16 bits per heavy atom. The van der Waals surface area contributed by atoms with Crippen LogP contribution in [0.15, 0.2) is 23.2 Å². The van der Waals surface area contributed by atoms with Crippen molar-refractivity contribution in [1.82, 2.24) is 20.0 Å². The molecule has 1 N–H and O–H groups in total. The average molecular weight is 450 g/mol. The number of ether oxygens (including phenoxy) is 3. The van der Waals surface area contributed by atoms with E-state index in [9.17, 15) is 4.79 Å². The molecule has 9 nitrogen and oxygen atoms in total. The maximum absolute atomic E-state index is 12.0. The van der Waals surface area contributed by atoms with E-state index in [1.807, 2.05) is 25.1 Å². The molecule has 0 bridgehead atoms. The van der Waals surface area contributed by atoms with Gasteiger partial charge in [-0.25, -0.2) is 4.99 Å². The normalized spacial score (nSPS) is 14.9. The summed E-state index contributed by atoms with van der Waals surface area (Å²) in [6, 6.07) is 5.89. The van der Waals surface area contributed by atoms with Crippen LogP contribution in [0.25, 0.3) is 0 Å². The summed E-state index contributed by atoms with van der Waals surface area (Å²) in [6.45, 7) is 8.57. The molecule has 2 rings (SSSR count). The van der Waals surface area contributed by atoms with Gasteiger partial charge in [0, 0.05) is 72.1 Å². The van der Waals surface area contributed by atoms with E-state index in [1.54, 1.807) is 33.2 Å². The predicted octanol–water partition coefficient (Wildman–Crippen LogP) is 1.28. The average Bonchev–Trinajstić information content (AvgIpc) is 2.81. The molecule has 1 aliphatic rings. The molecule has 1 amide bonds. The van der Waals surface area contributed by atoms with Crippen molar-refractivity contribution in [2.45, 2.75) is 19.9 Å². The number of rotatable bonds is 11. The summed E-state index contributed by atoms with van der Waals surface area (Å²) in [6.07, 6.45) is 0.893. The summed E-state index contributed by atoms with van der Waals surface area (Å²) < 4.78 is 16.3. The van der Waals surface area contributed by atoms with Crippen molar-refractivity contribution in [2.75, 3.05) is 80.8 Å². The Labute approximate surface area is 192 Å². The maximum Gasteiger partial charge on any atom is 0.243 e. The van der Waals surface area contributed by atoms with Crippen LogP contribution >= 0.6 is 0 Å². The van der Waals surface area contributed by atoms with E-state index in [0.29, 0.717) is 6.61 Å². The van der Waals surface area contributed by atoms with Crippen LogP contribution in [0.3, 0.4) is 0 Å². The smallest absolute Gasteiger partial charge is 0.243 e. The van der Waals surface area contributed by atoms with Crippen LogP contribution in [0.5, 0.6) is 11.5 Å². The minimum Gasteiger partial charge on any atom is -0.497 e. The number of nitrogens with one attached hydrogen (secondary N) is 1. The van der Waals surface area contributed by atoms with Crippen LogP contribution in [0.1, 0.15) is 18.9 Å². The van der Waals surface area contributed by atoms with E-state index in [4.69, 9.17) is 14.2 Å². The number of hydrogen-bond acceptors (Lipinski definition) is 6. The van der Waals surface area contributed by atoms with Crippen molar-refractivity contribution < 1.29 is 19.0 Å². The summed E-state index contributed by atoms with van der Waals surface area (Å²) in [5, 5.41) is 3.41. The molecule has 1 fully saturated rings. The summed E-state index contributed by atoms with van der Waals surface area (Å²) in [7, 11) is 6.86. The molecule has 180 valence electrons. The van der Waals surface area contributed by atoms with E-state index in [0.717, 1.165) is 75.3 Å². The molecule has 0 aromatic heterocycles. The predicted molar refractivity (Wildman–Crippen MR) is 127 cm³/mol. The second-order valence-corrected chi connectivity index (χ2v) is 7.85. The van der Waals surface area contributed by atoms with Crippen LogP contribution in [-0.2, 0) is 16.1 Å². The van der Waals surface area contributed by atoms with Gasteiger partial charge >= 0.3 is 0 Å². The first kappa shape index (κ1) is 25.7. The lowest BCUT2D eigenvalue weighted by molar-refractivity contribution is -0.127. The second kappa shape index (κ2) is 13.8. The van der Waals surface area contributed by atoms with Gasteiger partial charge in [0.05, 0.1) is 14.2 Å². The molecule has 1 aromatic carbocycles. The largest absolute Gasteiger partial charge is 0.497 e. The zero-order chi connectivity index (χ0) is 23.3. The lowest BCUT2D eigenvalue weighted by Crippen LogP contribution is -2.52. The number of nitrogens with zero attached hydrogens (tertiary/aromatic N) is 4. The third-order valence-corrected chi connectivity index (χ3v) is 5.37. The second-order valence-electron chi connectivity index (χ2n) is 7.85. The van der Waals surface area contributed by atoms with E-state index >= 15 is 0 Å². The molecule has 0 spiro atoms. The Hall–Kier alpha value is -2.52. The van der Waals surface area contributed by atoms with Crippen molar-refractivity contribution in [3.8, 4) is 11.5 Å². The highest BCUT2D eigenvalue weighted by molar-refractivity contribution is 5.84. The van der Waals surface area contributed by atoms with Crippen LogP contribution < -0.4 is 14.8 Å². The number of carbonyl (C=O) groups is 1. The first-order valence-corrected chi connectivity index (χ1v) is 11.2. The van der Waals surface area contributed by atoms with Gasteiger partial charge < -0.3 is 29.3 Å². The highest BCUT2D eigenvalue weighted by atomic mass is 16.5. The van der Waals surface area contributed by atoms with E-state index in [1.165, 1.54) is 0 Å². The summed E-state index contributed by atoms with van der Waals surface area (Å²) >= 11 is 0. The van der Waals surface area contributed by atoms with Crippen molar-refractivity contribution in [3.63, 3.8) is 0 Å². The van der Waals surface area contributed by atoms with Crippen LogP contribution in [-0.4, -0.2) is 107 Å². The fraction of sp³-hybridized carbons (Fsp3) is 0.652. The summed E-state index contributed by atoms with van der Waals surface area (Å²) in [4.78, 5) is 22.8. The minimum atomic E-state index is -0.0117. The Bertz CT molecular complexity index is 733.